The second-order valence-corrected chi connectivity index (χ2v) is 6.73. The number of rotatable bonds is 4. The lowest BCUT2D eigenvalue weighted by molar-refractivity contribution is -0.114. The lowest BCUT2D eigenvalue weighted by atomic mass is 10.7. The quantitative estimate of drug-likeness (QED) is 0.806. The molecule has 0 aliphatic rings. The molecule has 0 atom stereocenters. The van der Waals surface area contributed by atoms with Gasteiger partial charge in [-0.15, -0.1) is 21.5 Å². The van der Waals surface area contributed by atoms with Crippen molar-refractivity contribution < 1.29 is 13.2 Å². The van der Waals surface area contributed by atoms with E-state index in [4.69, 9.17) is 0 Å². The van der Waals surface area contributed by atoms with Crippen molar-refractivity contribution in [1.29, 1.82) is 0 Å². The minimum absolute atomic E-state index is 0.127. The van der Waals surface area contributed by atoms with Gasteiger partial charge in [-0.05, 0) is 0 Å². The van der Waals surface area contributed by atoms with Gasteiger partial charge in [0.25, 0.3) is 14.4 Å². The fraction of sp³-hybridized carbons (Fsp3) is 0.143. The van der Waals surface area contributed by atoms with Gasteiger partial charge in [0, 0.05) is 18.5 Å². The molecular weight excluding hydrogens is 298 g/mol. The first kappa shape index (κ1) is 12.9. The molecule has 0 fully saturated rings. The van der Waals surface area contributed by atoms with Gasteiger partial charge in [0.1, 0.15) is 0 Å². The zero-order valence-electron chi connectivity index (χ0n) is 8.95. The lowest BCUT2D eigenvalue weighted by Gasteiger charge is -1.99. The second-order valence-electron chi connectivity index (χ2n) is 3.00. The van der Waals surface area contributed by atoms with Crippen LogP contribution in [0.5, 0.6) is 0 Å². The molecule has 0 spiro atoms. The standard InChI is InChI=1S/C7H7N5O3S3/c1-4(13)9-6-10-11-7(17-6)18(14,15)12-5-8-2-3-16-5/h2-3H,1H3,(H,8,12)(H,9,10,13). The Morgan fingerprint density at radius 3 is 2.72 bits per heavy atom. The van der Waals surface area contributed by atoms with Crippen molar-refractivity contribution in [3.63, 3.8) is 0 Å². The van der Waals surface area contributed by atoms with Crippen LogP contribution in [0.4, 0.5) is 10.3 Å². The van der Waals surface area contributed by atoms with E-state index in [0.29, 0.717) is 0 Å². The number of thiazole rings is 1. The first-order valence-electron chi connectivity index (χ1n) is 4.51. The SMILES string of the molecule is CC(=O)Nc1nnc(S(=O)(=O)Nc2nccs2)s1. The maximum atomic E-state index is 11.8. The number of hydrogen-bond acceptors (Lipinski definition) is 8. The highest BCUT2D eigenvalue weighted by Crippen LogP contribution is 2.23. The van der Waals surface area contributed by atoms with Crippen LogP contribution in [0.2, 0.25) is 0 Å². The molecule has 2 aromatic heterocycles. The Balaban J connectivity index is 2.19. The van der Waals surface area contributed by atoms with Gasteiger partial charge in [-0.25, -0.2) is 4.98 Å². The smallest absolute Gasteiger partial charge is 0.293 e. The molecule has 18 heavy (non-hydrogen) atoms. The number of sulfonamides is 1. The van der Waals surface area contributed by atoms with Crippen LogP contribution in [-0.4, -0.2) is 29.5 Å². The Labute approximate surface area is 110 Å². The summed E-state index contributed by atoms with van der Waals surface area (Å²) in [7, 11) is -3.81. The summed E-state index contributed by atoms with van der Waals surface area (Å²) < 4.78 is 25.7. The van der Waals surface area contributed by atoms with Crippen molar-refractivity contribution in [2.45, 2.75) is 11.3 Å². The zero-order valence-corrected chi connectivity index (χ0v) is 11.4. The average molecular weight is 305 g/mol. The Morgan fingerprint density at radius 2 is 2.11 bits per heavy atom. The van der Waals surface area contributed by atoms with E-state index >= 15 is 0 Å². The van der Waals surface area contributed by atoms with Crippen LogP contribution >= 0.6 is 22.7 Å². The van der Waals surface area contributed by atoms with Crippen molar-refractivity contribution in [2.24, 2.45) is 0 Å². The van der Waals surface area contributed by atoms with Crippen molar-refractivity contribution in [1.82, 2.24) is 15.2 Å². The molecule has 0 bridgehead atoms. The predicted molar refractivity (Wildman–Crippen MR) is 67.1 cm³/mol. The molecule has 0 radical (unpaired) electrons. The summed E-state index contributed by atoms with van der Waals surface area (Å²) >= 11 is 1.91. The molecule has 2 rings (SSSR count). The highest BCUT2D eigenvalue weighted by atomic mass is 32.2. The number of hydrogen-bond donors (Lipinski definition) is 2. The zero-order chi connectivity index (χ0) is 13.2. The normalized spacial score (nSPS) is 11.2. The summed E-state index contributed by atoms with van der Waals surface area (Å²) in [6.07, 6.45) is 1.48. The van der Waals surface area contributed by atoms with Crippen LogP contribution in [0.1, 0.15) is 6.92 Å². The molecule has 0 aromatic carbocycles. The lowest BCUT2D eigenvalue weighted by Crippen LogP contribution is -2.12. The Kier molecular flexibility index (Phi) is 3.54. The molecule has 2 aromatic rings. The third-order valence-corrected chi connectivity index (χ3v) is 4.94. The topological polar surface area (TPSA) is 114 Å². The second kappa shape index (κ2) is 4.96. The summed E-state index contributed by atoms with van der Waals surface area (Å²) in [6, 6.07) is 0. The number of nitrogens with zero attached hydrogens (tertiary/aromatic N) is 3. The largest absolute Gasteiger partial charge is 0.301 e. The summed E-state index contributed by atoms with van der Waals surface area (Å²) in [6.45, 7) is 1.30. The molecule has 96 valence electrons. The molecule has 0 saturated heterocycles. The molecule has 2 N–H and O–H groups in total. The van der Waals surface area contributed by atoms with Gasteiger partial charge in [-0.2, -0.15) is 8.42 Å². The Morgan fingerprint density at radius 1 is 1.33 bits per heavy atom. The third kappa shape index (κ3) is 3.00. The van der Waals surface area contributed by atoms with Crippen LogP contribution in [0.15, 0.2) is 15.9 Å². The van der Waals surface area contributed by atoms with Crippen LogP contribution < -0.4 is 10.0 Å². The van der Waals surface area contributed by atoms with Crippen molar-refractivity contribution in [2.75, 3.05) is 10.0 Å². The number of carbonyl (C=O) groups is 1. The summed E-state index contributed by atoms with van der Waals surface area (Å²) in [4.78, 5) is 14.6. The van der Waals surface area contributed by atoms with E-state index in [-0.39, 0.29) is 20.5 Å². The van der Waals surface area contributed by atoms with Gasteiger partial charge in [-0.3, -0.25) is 9.52 Å². The van der Waals surface area contributed by atoms with Gasteiger partial charge in [0.15, 0.2) is 5.13 Å². The molecule has 0 saturated carbocycles. The molecule has 0 aliphatic heterocycles. The molecular formula is C7H7N5O3S3. The van der Waals surface area contributed by atoms with E-state index in [0.717, 1.165) is 22.7 Å². The summed E-state index contributed by atoms with van der Waals surface area (Å²) in [5.41, 5.74) is 0. The van der Waals surface area contributed by atoms with Crippen molar-refractivity contribution in [3.05, 3.63) is 11.6 Å². The van der Waals surface area contributed by atoms with E-state index in [1.165, 1.54) is 13.1 Å². The van der Waals surface area contributed by atoms with E-state index in [1.807, 2.05) is 0 Å². The van der Waals surface area contributed by atoms with E-state index in [9.17, 15) is 13.2 Å². The fourth-order valence-electron chi connectivity index (χ4n) is 0.952. The average Bonchev–Trinajstić information content (AvgIpc) is 2.87. The number of carbonyl (C=O) groups excluding carboxylic acids is 1. The van der Waals surface area contributed by atoms with Crippen molar-refractivity contribution in [3.8, 4) is 0 Å². The summed E-state index contributed by atoms with van der Waals surface area (Å²) in [5.74, 6) is -0.344. The van der Waals surface area contributed by atoms with Gasteiger partial charge in [-0.1, -0.05) is 11.3 Å². The maximum Gasteiger partial charge on any atom is 0.293 e. The highest BCUT2D eigenvalue weighted by molar-refractivity contribution is 7.94. The number of aromatic nitrogens is 3. The Hall–Kier alpha value is -1.59. The van der Waals surface area contributed by atoms with Crippen LogP contribution in [0.3, 0.4) is 0 Å². The minimum Gasteiger partial charge on any atom is -0.301 e. The number of amides is 1. The third-order valence-electron chi connectivity index (χ3n) is 1.57. The van der Waals surface area contributed by atoms with E-state index < -0.39 is 10.0 Å². The van der Waals surface area contributed by atoms with Crippen molar-refractivity contribution >= 4 is 48.9 Å². The minimum atomic E-state index is -3.81. The fourth-order valence-corrected chi connectivity index (χ4v) is 3.69. The van der Waals surface area contributed by atoms with Crippen LogP contribution in [0, 0.1) is 0 Å². The Bertz CT molecular complexity index is 648. The highest BCUT2D eigenvalue weighted by Gasteiger charge is 2.21. The van der Waals surface area contributed by atoms with Crippen LogP contribution in [0.25, 0.3) is 0 Å². The molecule has 1 amide bonds. The van der Waals surface area contributed by atoms with Gasteiger partial charge in [0.05, 0.1) is 0 Å². The monoisotopic (exact) mass is 305 g/mol. The van der Waals surface area contributed by atoms with E-state index in [2.05, 4.69) is 25.2 Å². The molecule has 11 heteroatoms. The number of anilines is 2. The molecule has 0 unspecified atom stereocenters. The maximum absolute atomic E-state index is 11.8. The first-order valence-corrected chi connectivity index (χ1v) is 7.69. The van der Waals surface area contributed by atoms with Gasteiger partial charge < -0.3 is 5.32 Å². The summed E-state index contributed by atoms with van der Waals surface area (Å²) in [5, 5.41) is 11.4. The van der Waals surface area contributed by atoms with Crippen LogP contribution in [-0.2, 0) is 14.8 Å². The molecule has 2 heterocycles. The number of nitrogens with one attached hydrogen (secondary N) is 2. The molecule has 8 nitrogen and oxygen atoms in total. The van der Waals surface area contributed by atoms with E-state index in [1.54, 1.807) is 5.38 Å². The molecule has 0 aliphatic carbocycles. The van der Waals surface area contributed by atoms with Gasteiger partial charge >= 0.3 is 0 Å². The predicted octanol–water partition coefficient (Wildman–Crippen LogP) is 0.754. The van der Waals surface area contributed by atoms with Gasteiger partial charge in [0.2, 0.25) is 11.0 Å². The first-order chi connectivity index (χ1) is 8.47.